The summed E-state index contributed by atoms with van der Waals surface area (Å²) in [6.45, 7) is 1.17. The number of aliphatic hydroxyl groups is 1. The molecule has 0 saturated carbocycles. The smallest absolute Gasteiger partial charge is 0.328 e. The van der Waals surface area contributed by atoms with Crippen LogP contribution in [-0.2, 0) is 36.8 Å². The highest BCUT2D eigenvalue weighted by molar-refractivity contribution is 5.95. The number of amides is 4. The number of hydrogen-bond donors (Lipinski definition) is 9. The minimum Gasteiger partial charge on any atom is -0.480 e. The Hall–Kier alpha value is -4.76. The first-order valence-electron chi connectivity index (χ1n) is 12.8. The zero-order valence-electron chi connectivity index (χ0n) is 22.3. The summed E-state index contributed by atoms with van der Waals surface area (Å²) >= 11 is 0. The maximum atomic E-state index is 13.4. The van der Waals surface area contributed by atoms with Gasteiger partial charge in [-0.1, -0.05) is 18.2 Å². The van der Waals surface area contributed by atoms with Crippen molar-refractivity contribution in [3.05, 3.63) is 54.2 Å². The third kappa shape index (κ3) is 8.61. The second-order valence-electron chi connectivity index (χ2n) is 9.64. The number of nitrogens with two attached hydrogens (primary N) is 2. The van der Waals surface area contributed by atoms with Gasteiger partial charge in [-0.2, -0.15) is 0 Å². The Bertz CT molecular complexity index is 1370. The average molecular weight is 571 g/mol. The molecule has 0 aliphatic carbocycles. The topological polar surface area (TPSA) is 258 Å². The lowest BCUT2D eigenvalue weighted by atomic mass is 10.0. The third-order valence-corrected chi connectivity index (χ3v) is 6.42. The maximum Gasteiger partial charge on any atom is 0.328 e. The number of aromatic amines is 2. The number of nitrogens with zero attached hydrogens (tertiary/aromatic N) is 1. The first-order chi connectivity index (χ1) is 19.5. The quantitative estimate of drug-likeness (QED) is 0.0995. The van der Waals surface area contributed by atoms with Gasteiger partial charge in [0.05, 0.1) is 18.5 Å². The number of carbonyl (C=O) groups is 5. The van der Waals surface area contributed by atoms with Crippen molar-refractivity contribution < 1.29 is 34.2 Å². The first-order valence-corrected chi connectivity index (χ1v) is 12.8. The van der Waals surface area contributed by atoms with Crippen LogP contribution in [0.5, 0.6) is 0 Å². The number of fused-ring (bicyclic) bond motifs is 1. The van der Waals surface area contributed by atoms with E-state index in [0.29, 0.717) is 5.69 Å². The molecule has 3 aromatic rings. The largest absolute Gasteiger partial charge is 0.480 e. The summed E-state index contributed by atoms with van der Waals surface area (Å²) in [6, 6.07) is 2.19. The van der Waals surface area contributed by atoms with Crippen LogP contribution in [0.4, 0.5) is 0 Å². The van der Waals surface area contributed by atoms with E-state index in [-0.39, 0.29) is 25.7 Å². The molecule has 5 unspecified atom stereocenters. The van der Waals surface area contributed by atoms with Crippen molar-refractivity contribution in [2.45, 2.75) is 62.9 Å². The summed E-state index contributed by atoms with van der Waals surface area (Å²) in [5.74, 6) is -4.65. The number of aliphatic hydroxyl groups excluding tert-OH is 1. The van der Waals surface area contributed by atoms with E-state index < -0.39 is 59.9 Å². The van der Waals surface area contributed by atoms with Crippen molar-refractivity contribution in [1.29, 1.82) is 0 Å². The van der Waals surface area contributed by atoms with Gasteiger partial charge in [0.25, 0.3) is 0 Å². The second kappa shape index (κ2) is 14.0. The molecule has 15 nitrogen and oxygen atoms in total. The van der Waals surface area contributed by atoms with Crippen LogP contribution in [-0.4, -0.2) is 85.0 Å². The molecule has 5 atom stereocenters. The van der Waals surface area contributed by atoms with Crippen molar-refractivity contribution in [2.75, 3.05) is 0 Å². The van der Waals surface area contributed by atoms with E-state index in [0.717, 1.165) is 16.5 Å². The van der Waals surface area contributed by atoms with Gasteiger partial charge in [-0.3, -0.25) is 19.2 Å². The molecule has 2 heterocycles. The highest BCUT2D eigenvalue weighted by atomic mass is 16.4. The highest BCUT2D eigenvalue weighted by Crippen LogP contribution is 2.19. The summed E-state index contributed by atoms with van der Waals surface area (Å²) in [5.41, 5.74) is 13.6. The lowest BCUT2D eigenvalue weighted by Gasteiger charge is -2.25. The van der Waals surface area contributed by atoms with E-state index in [1.807, 2.05) is 24.3 Å². The number of hydrogen-bond acceptors (Lipinski definition) is 8. The van der Waals surface area contributed by atoms with Gasteiger partial charge < -0.3 is 47.6 Å². The molecule has 220 valence electrons. The number of carbonyl (C=O) groups excluding carboxylic acids is 4. The van der Waals surface area contributed by atoms with Crippen LogP contribution in [0.3, 0.4) is 0 Å². The number of imidazole rings is 1. The molecule has 1 aromatic carbocycles. The Morgan fingerprint density at radius 1 is 0.976 bits per heavy atom. The fraction of sp³-hybridized carbons (Fsp3) is 0.385. The predicted molar refractivity (Wildman–Crippen MR) is 146 cm³/mol. The van der Waals surface area contributed by atoms with Crippen LogP contribution in [0.1, 0.15) is 31.0 Å². The lowest BCUT2D eigenvalue weighted by Crippen LogP contribution is -2.58. The zero-order chi connectivity index (χ0) is 30.1. The Morgan fingerprint density at radius 3 is 2.29 bits per heavy atom. The maximum absolute atomic E-state index is 13.4. The van der Waals surface area contributed by atoms with Crippen LogP contribution >= 0.6 is 0 Å². The Labute approximate surface area is 234 Å². The fourth-order valence-corrected chi connectivity index (χ4v) is 4.20. The molecule has 0 radical (unpaired) electrons. The molecule has 0 spiro atoms. The Morgan fingerprint density at radius 2 is 1.66 bits per heavy atom. The SMILES string of the molecule is CC(O)C(NC(=O)C(CCC(N)=O)NC(=O)C(Cc1cnc[nH]1)NC(=O)C(N)Cc1c[nH]c2ccccc12)C(=O)O. The Kier molecular flexibility index (Phi) is 10.5. The molecule has 0 aliphatic heterocycles. The van der Waals surface area contributed by atoms with E-state index in [1.165, 1.54) is 19.4 Å². The number of rotatable bonds is 15. The van der Waals surface area contributed by atoms with Gasteiger partial charge in [-0.25, -0.2) is 9.78 Å². The van der Waals surface area contributed by atoms with E-state index in [1.54, 1.807) is 6.20 Å². The average Bonchev–Trinajstić information content (AvgIpc) is 3.58. The molecule has 0 fully saturated rings. The monoisotopic (exact) mass is 570 g/mol. The lowest BCUT2D eigenvalue weighted by molar-refractivity contribution is -0.145. The molecule has 15 heteroatoms. The third-order valence-electron chi connectivity index (χ3n) is 6.42. The molecular weight excluding hydrogens is 536 g/mol. The second-order valence-corrected chi connectivity index (χ2v) is 9.64. The minimum absolute atomic E-state index is 0.0486. The molecule has 41 heavy (non-hydrogen) atoms. The minimum atomic E-state index is -1.67. The molecule has 2 aromatic heterocycles. The van der Waals surface area contributed by atoms with Gasteiger partial charge in [0.2, 0.25) is 23.6 Å². The fourth-order valence-electron chi connectivity index (χ4n) is 4.20. The summed E-state index contributed by atoms with van der Waals surface area (Å²) in [5, 5.41) is 27.1. The molecular formula is C26H34N8O7. The van der Waals surface area contributed by atoms with Crippen molar-refractivity contribution in [1.82, 2.24) is 30.9 Å². The van der Waals surface area contributed by atoms with Gasteiger partial charge in [0.1, 0.15) is 12.1 Å². The highest BCUT2D eigenvalue weighted by Gasteiger charge is 2.32. The summed E-state index contributed by atoms with van der Waals surface area (Å²) in [7, 11) is 0. The summed E-state index contributed by atoms with van der Waals surface area (Å²) in [6.07, 6.45) is 2.71. The first kappa shape index (κ1) is 30.8. The van der Waals surface area contributed by atoms with Crippen LogP contribution in [0.15, 0.2) is 43.0 Å². The van der Waals surface area contributed by atoms with Crippen molar-refractivity contribution in [3.63, 3.8) is 0 Å². The van der Waals surface area contributed by atoms with E-state index in [9.17, 15) is 34.2 Å². The number of nitrogens with one attached hydrogen (secondary N) is 5. The number of benzene rings is 1. The van der Waals surface area contributed by atoms with Crippen LogP contribution in [0, 0.1) is 0 Å². The Balaban J connectivity index is 1.76. The number of carboxylic acids is 1. The predicted octanol–water partition coefficient (Wildman–Crippen LogP) is -1.81. The molecule has 4 amide bonds. The van der Waals surface area contributed by atoms with E-state index >= 15 is 0 Å². The molecule has 0 saturated heterocycles. The zero-order valence-corrected chi connectivity index (χ0v) is 22.3. The van der Waals surface area contributed by atoms with E-state index in [4.69, 9.17) is 11.5 Å². The van der Waals surface area contributed by atoms with Gasteiger partial charge in [0, 0.05) is 41.8 Å². The van der Waals surface area contributed by atoms with Gasteiger partial charge in [0.15, 0.2) is 6.04 Å². The standard InChI is InChI=1S/C26H34N8O7/c1-13(35)22(26(40)41)34-24(38)19(6-7-21(28)36)32-25(39)20(9-15-11-29-12-31-15)33-23(37)17(27)8-14-10-30-18-5-3-2-4-16(14)18/h2-5,10-13,17,19-20,22,30,35H,6-9,27H2,1H3,(H2,28,36)(H,29,31)(H,32,39)(H,33,37)(H,34,38)(H,40,41). The van der Waals surface area contributed by atoms with Gasteiger partial charge in [-0.05, 0) is 31.4 Å². The molecule has 3 rings (SSSR count). The molecule has 11 N–H and O–H groups in total. The van der Waals surface area contributed by atoms with Crippen molar-refractivity contribution in [3.8, 4) is 0 Å². The van der Waals surface area contributed by atoms with Crippen LogP contribution in [0.25, 0.3) is 10.9 Å². The molecule has 0 bridgehead atoms. The summed E-state index contributed by atoms with van der Waals surface area (Å²) < 4.78 is 0. The number of aliphatic carboxylic acids is 1. The van der Waals surface area contributed by atoms with Crippen LogP contribution in [0.2, 0.25) is 0 Å². The number of primary amides is 1. The van der Waals surface area contributed by atoms with Crippen molar-refractivity contribution in [2.24, 2.45) is 11.5 Å². The normalized spacial score (nSPS) is 14.8. The number of carboxylic acid groups (broad SMARTS) is 1. The van der Waals surface area contributed by atoms with Crippen molar-refractivity contribution >= 4 is 40.5 Å². The number of aromatic nitrogens is 3. The van der Waals surface area contributed by atoms with Gasteiger partial charge in [-0.15, -0.1) is 0 Å². The summed E-state index contributed by atoms with van der Waals surface area (Å²) in [4.78, 5) is 72.0. The van der Waals surface area contributed by atoms with E-state index in [2.05, 4.69) is 30.9 Å². The van der Waals surface area contributed by atoms with Gasteiger partial charge >= 0.3 is 5.97 Å². The molecule has 0 aliphatic rings. The van der Waals surface area contributed by atoms with Crippen LogP contribution < -0.4 is 27.4 Å². The number of para-hydroxylation sites is 1. The number of H-pyrrole nitrogens is 2.